The highest BCUT2D eigenvalue weighted by atomic mass is 79.9. The third kappa shape index (κ3) is 2.78. The summed E-state index contributed by atoms with van der Waals surface area (Å²) in [4.78, 5) is 23.2. The molecule has 1 aliphatic rings. The summed E-state index contributed by atoms with van der Waals surface area (Å²) in [6, 6.07) is 5.30. The minimum atomic E-state index is -1.34. The number of aryl methyl sites for hydroxylation is 1. The second kappa shape index (κ2) is 5.48. The molecule has 4 nitrogen and oxygen atoms in total. The van der Waals surface area contributed by atoms with Gasteiger partial charge in [-0.05, 0) is 37.1 Å². The second-order valence-electron chi connectivity index (χ2n) is 5.28. The van der Waals surface area contributed by atoms with Gasteiger partial charge in [0.25, 0.3) is 0 Å². The average Bonchev–Trinajstić information content (AvgIpc) is 2.40. The number of carboxylic acid groups (broad SMARTS) is 2. The van der Waals surface area contributed by atoms with Crippen molar-refractivity contribution in [3.05, 3.63) is 57.1 Å². The SMILES string of the molecule is CC1=CC(C(=O)O)(c2ccc(Br)c(C)c2)CC(C(=O)O)=C1. The van der Waals surface area contributed by atoms with Crippen molar-refractivity contribution in [1.82, 2.24) is 0 Å². The van der Waals surface area contributed by atoms with E-state index in [1.54, 1.807) is 31.2 Å². The van der Waals surface area contributed by atoms with Crippen LogP contribution in [0.5, 0.6) is 0 Å². The zero-order chi connectivity index (χ0) is 15.8. The number of allylic oxidation sites excluding steroid dienone is 2. The topological polar surface area (TPSA) is 74.6 Å². The maximum Gasteiger partial charge on any atom is 0.331 e. The van der Waals surface area contributed by atoms with Crippen LogP contribution in [0.1, 0.15) is 24.5 Å². The fourth-order valence-electron chi connectivity index (χ4n) is 2.61. The van der Waals surface area contributed by atoms with Crippen LogP contribution in [0.4, 0.5) is 0 Å². The van der Waals surface area contributed by atoms with Crippen molar-refractivity contribution in [2.75, 3.05) is 0 Å². The number of hydrogen-bond acceptors (Lipinski definition) is 2. The van der Waals surface area contributed by atoms with Crippen molar-refractivity contribution >= 4 is 27.9 Å². The summed E-state index contributed by atoms with van der Waals surface area (Å²) >= 11 is 3.39. The minimum Gasteiger partial charge on any atom is -0.480 e. The Morgan fingerprint density at radius 2 is 1.90 bits per heavy atom. The van der Waals surface area contributed by atoms with E-state index in [0.717, 1.165) is 10.0 Å². The predicted molar refractivity (Wildman–Crippen MR) is 82.3 cm³/mol. The molecule has 2 N–H and O–H groups in total. The van der Waals surface area contributed by atoms with E-state index >= 15 is 0 Å². The van der Waals surface area contributed by atoms with Crippen LogP contribution < -0.4 is 0 Å². The zero-order valence-corrected chi connectivity index (χ0v) is 13.3. The molecule has 1 unspecified atom stereocenters. The number of benzene rings is 1. The minimum absolute atomic E-state index is 0.0594. The molecular weight excluding hydrogens is 336 g/mol. The Balaban J connectivity index is 2.63. The van der Waals surface area contributed by atoms with E-state index in [9.17, 15) is 19.8 Å². The first-order valence-electron chi connectivity index (χ1n) is 6.39. The molecule has 110 valence electrons. The van der Waals surface area contributed by atoms with E-state index in [-0.39, 0.29) is 12.0 Å². The van der Waals surface area contributed by atoms with Crippen molar-refractivity contribution in [2.45, 2.75) is 25.7 Å². The summed E-state index contributed by atoms with van der Waals surface area (Å²) in [6.45, 7) is 3.59. The summed E-state index contributed by atoms with van der Waals surface area (Å²) < 4.78 is 0.886. The van der Waals surface area contributed by atoms with Gasteiger partial charge in [0.05, 0.1) is 0 Å². The molecular formula is C16H15BrO4. The van der Waals surface area contributed by atoms with Crippen LogP contribution in [0.25, 0.3) is 0 Å². The quantitative estimate of drug-likeness (QED) is 0.875. The highest BCUT2D eigenvalue weighted by molar-refractivity contribution is 9.10. The largest absolute Gasteiger partial charge is 0.480 e. The van der Waals surface area contributed by atoms with Crippen LogP contribution in [0, 0.1) is 6.92 Å². The van der Waals surface area contributed by atoms with Gasteiger partial charge in [0.15, 0.2) is 0 Å². The summed E-state index contributed by atoms with van der Waals surface area (Å²) in [6.07, 6.45) is 3.09. The van der Waals surface area contributed by atoms with Gasteiger partial charge >= 0.3 is 11.9 Å². The monoisotopic (exact) mass is 350 g/mol. The predicted octanol–water partition coefficient (Wildman–Crippen LogP) is 3.44. The number of aliphatic carboxylic acids is 2. The third-order valence-corrected chi connectivity index (χ3v) is 4.56. The molecule has 0 bridgehead atoms. The van der Waals surface area contributed by atoms with Gasteiger partial charge in [0, 0.05) is 16.5 Å². The van der Waals surface area contributed by atoms with Gasteiger partial charge in [-0.1, -0.05) is 39.7 Å². The van der Waals surface area contributed by atoms with Gasteiger partial charge in [0.1, 0.15) is 5.41 Å². The van der Waals surface area contributed by atoms with Crippen LogP contribution in [0.2, 0.25) is 0 Å². The smallest absolute Gasteiger partial charge is 0.331 e. The van der Waals surface area contributed by atoms with Crippen molar-refractivity contribution in [2.24, 2.45) is 0 Å². The first kappa shape index (κ1) is 15.5. The lowest BCUT2D eigenvalue weighted by molar-refractivity contribution is -0.142. The van der Waals surface area contributed by atoms with Crippen LogP contribution in [0.15, 0.2) is 46.0 Å². The van der Waals surface area contributed by atoms with Crippen molar-refractivity contribution in [3.8, 4) is 0 Å². The summed E-state index contributed by atoms with van der Waals surface area (Å²) in [7, 11) is 0. The highest BCUT2D eigenvalue weighted by Gasteiger charge is 2.42. The molecule has 0 radical (unpaired) electrons. The van der Waals surface area contributed by atoms with Gasteiger partial charge in [-0.15, -0.1) is 0 Å². The molecule has 0 saturated carbocycles. The van der Waals surface area contributed by atoms with E-state index < -0.39 is 17.4 Å². The Bertz CT molecular complexity index is 688. The third-order valence-electron chi connectivity index (χ3n) is 3.67. The Morgan fingerprint density at radius 1 is 1.24 bits per heavy atom. The van der Waals surface area contributed by atoms with Crippen molar-refractivity contribution in [3.63, 3.8) is 0 Å². The van der Waals surface area contributed by atoms with Crippen LogP contribution in [-0.4, -0.2) is 22.2 Å². The maximum atomic E-state index is 11.9. The van der Waals surface area contributed by atoms with Gasteiger partial charge in [-0.3, -0.25) is 4.79 Å². The lowest BCUT2D eigenvalue weighted by atomic mass is 9.71. The van der Waals surface area contributed by atoms with Gasteiger partial charge in [-0.2, -0.15) is 0 Å². The molecule has 0 saturated heterocycles. The Hall–Kier alpha value is -1.88. The number of hydrogen-bond donors (Lipinski definition) is 2. The lowest BCUT2D eigenvalue weighted by Gasteiger charge is -2.31. The molecule has 1 atom stereocenters. The highest BCUT2D eigenvalue weighted by Crippen LogP contribution is 2.39. The summed E-state index contributed by atoms with van der Waals surface area (Å²) in [5, 5.41) is 19.0. The van der Waals surface area contributed by atoms with Crippen LogP contribution >= 0.6 is 15.9 Å². The molecule has 21 heavy (non-hydrogen) atoms. The normalized spacial score (nSPS) is 21.5. The van der Waals surface area contributed by atoms with Gasteiger partial charge in [0.2, 0.25) is 0 Å². The van der Waals surface area contributed by atoms with E-state index in [0.29, 0.717) is 11.1 Å². The Labute approximate surface area is 130 Å². The molecule has 0 aromatic heterocycles. The van der Waals surface area contributed by atoms with Crippen LogP contribution in [-0.2, 0) is 15.0 Å². The number of carbonyl (C=O) groups is 2. The first-order valence-corrected chi connectivity index (χ1v) is 7.19. The molecule has 5 heteroatoms. The molecule has 1 aromatic rings. The lowest BCUT2D eigenvalue weighted by Crippen LogP contribution is -2.37. The second-order valence-corrected chi connectivity index (χ2v) is 6.13. The van der Waals surface area contributed by atoms with E-state index in [1.165, 1.54) is 6.08 Å². The van der Waals surface area contributed by atoms with Gasteiger partial charge in [-0.25, -0.2) is 4.79 Å². The number of rotatable bonds is 3. The molecule has 1 aliphatic carbocycles. The van der Waals surface area contributed by atoms with E-state index in [4.69, 9.17) is 0 Å². The van der Waals surface area contributed by atoms with Crippen molar-refractivity contribution < 1.29 is 19.8 Å². The molecule has 0 heterocycles. The average molecular weight is 351 g/mol. The number of halogens is 1. The molecule has 0 amide bonds. The number of carboxylic acids is 2. The fraction of sp³-hybridized carbons (Fsp3) is 0.250. The van der Waals surface area contributed by atoms with E-state index in [1.807, 2.05) is 6.92 Å². The van der Waals surface area contributed by atoms with Crippen LogP contribution in [0.3, 0.4) is 0 Å². The van der Waals surface area contributed by atoms with Gasteiger partial charge < -0.3 is 10.2 Å². The fourth-order valence-corrected chi connectivity index (χ4v) is 2.86. The molecule has 0 aliphatic heterocycles. The summed E-state index contributed by atoms with van der Waals surface area (Å²) in [5.41, 5.74) is 0.907. The molecule has 0 spiro atoms. The standard InChI is InChI=1S/C16H15BrO4/c1-9-5-11(14(18)19)8-16(7-9,15(20)21)12-3-4-13(17)10(2)6-12/h3-7H,8H2,1-2H3,(H,18,19)(H,20,21). The Morgan fingerprint density at radius 3 is 2.43 bits per heavy atom. The maximum absolute atomic E-state index is 11.9. The molecule has 1 aromatic carbocycles. The first-order chi connectivity index (χ1) is 9.76. The van der Waals surface area contributed by atoms with E-state index in [2.05, 4.69) is 15.9 Å². The Kier molecular flexibility index (Phi) is 4.05. The zero-order valence-electron chi connectivity index (χ0n) is 11.7. The molecule has 0 fully saturated rings. The van der Waals surface area contributed by atoms with Crippen molar-refractivity contribution in [1.29, 1.82) is 0 Å². The molecule has 2 rings (SSSR count). The summed E-state index contributed by atoms with van der Waals surface area (Å²) in [5.74, 6) is -2.13.